The smallest absolute Gasteiger partial charge is 0.0341 e. The normalized spacial score (nSPS) is 37.9. The topological polar surface area (TPSA) is 15.3 Å². The fraction of sp³-hybridized carbons (Fsp3) is 1.00. The molecule has 0 saturated carbocycles. The quantitative estimate of drug-likeness (QED) is 0.611. The molecule has 1 fully saturated rings. The average Bonchev–Trinajstić information content (AvgIpc) is 2.15. The zero-order valence-corrected chi connectivity index (χ0v) is 8.36. The monoisotopic (exact) mass is 156 g/mol. The van der Waals surface area contributed by atoms with E-state index < -0.39 is 0 Å². The maximum atomic E-state index is 3.42. The lowest BCUT2D eigenvalue weighted by atomic mass is 9.82. The van der Waals surface area contributed by atoms with Crippen molar-refractivity contribution in [2.45, 2.75) is 38.3 Å². The maximum absolute atomic E-state index is 3.42. The van der Waals surface area contributed by atoms with Crippen molar-refractivity contribution in [2.75, 3.05) is 20.6 Å². The second-order valence-electron chi connectivity index (χ2n) is 4.31. The number of rotatable bonds is 1. The van der Waals surface area contributed by atoms with E-state index in [-0.39, 0.29) is 11.1 Å². The van der Waals surface area contributed by atoms with E-state index in [0.717, 1.165) is 0 Å². The molecule has 0 amide bonds. The van der Waals surface area contributed by atoms with Crippen LogP contribution in [0.25, 0.3) is 0 Å². The SMILES string of the molecule is CNC1(C)CCN(C)C1(C)C. The Morgan fingerprint density at radius 1 is 1.27 bits per heavy atom. The summed E-state index contributed by atoms with van der Waals surface area (Å²) < 4.78 is 0. The van der Waals surface area contributed by atoms with Crippen LogP contribution in [0, 0.1) is 0 Å². The van der Waals surface area contributed by atoms with Crippen molar-refractivity contribution in [1.82, 2.24) is 10.2 Å². The molecule has 66 valence electrons. The van der Waals surface area contributed by atoms with Gasteiger partial charge < -0.3 is 5.32 Å². The lowest BCUT2D eigenvalue weighted by Gasteiger charge is -2.41. The summed E-state index contributed by atoms with van der Waals surface area (Å²) in [5.74, 6) is 0. The fourth-order valence-corrected chi connectivity index (χ4v) is 1.83. The molecule has 0 aliphatic carbocycles. The van der Waals surface area contributed by atoms with Crippen LogP contribution in [0.2, 0.25) is 0 Å². The van der Waals surface area contributed by atoms with Crippen molar-refractivity contribution < 1.29 is 0 Å². The van der Waals surface area contributed by atoms with E-state index >= 15 is 0 Å². The summed E-state index contributed by atoms with van der Waals surface area (Å²) in [5.41, 5.74) is 0.559. The van der Waals surface area contributed by atoms with E-state index in [0.29, 0.717) is 0 Å². The Morgan fingerprint density at radius 2 is 1.82 bits per heavy atom. The fourth-order valence-electron chi connectivity index (χ4n) is 1.83. The molecule has 0 radical (unpaired) electrons. The first-order valence-electron chi connectivity index (χ1n) is 4.34. The van der Waals surface area contributed by atoms with E-state index in [1.54, 1.807) is 0 Å². The number of nitrogens with zero attached hydrogens (tertiary/aromatic N) is 1. The Hall–Kier alpha value is -0.0800. The van der Waals surface area contributed by atoms with Crippen LogP contribution in [-0.4, -0.2) is 36.6 Å². The Bertz CT molecular complexity index is 151. The van der Waals surface area contributed by atoms with Crippen LogP contribution in [-0.2, 0) is 0 Å². The first-order valence-corrected chi connectivity index (χ1v) is 4.34. The van der Waals surface area contributed by atoms with Gasteiger partial charge in [0.05, 0.1) is 0 Å². The summed E-state index contributed by atoms with van der Waals surface area (Å²) in [6.07, 6.45) is 1.24. The van der Waals surface area contributed by atoms with Gasteiger partial charge in [-0.1, -0.05) is 0 Å². The van der Waals surface area contributed by atoms with Crippen LogP contribution in [0.4, 0.5) is 0 Å². The molecular formula is C9H20N2. The highest BCUT2D eigenvalue weighted by atomic mass is 15.3. The highest BCUT2D eigenvalue weighted by Crippen LogP contribution is 2.35. The van der Waals surface area contributed by atoms with Gasteiger partial charge >= 0.3 is 0 Å². The van der Waals surface area contributed by atoms with Crippen molar-refractivity contribution in [3.8, 4) is 0 Å². The molecule has 0 aromatic heterocycles. The molecule has 0 aromatic carbocycles. The van der Waals surface area contributed by atoms with Crippen LogP contribution in [0.1, 0.15) is 27.2 Å². The number of likely N-dealkylation sites (tertiary alicyclic amines) is 1. The van der Waals surface area contributed by atoms with Crippen molar-refractivity contribution in [3.63, 3.8) is 0 Å². The van der Waals surface area contributed by atoms with E-state index in [9.17, 15) is 0 Å². The molecule has 1 N–H and O–H groups in total. The number of hydrogen-bond donors (Lipinski definition) is 1. The molecule has 1 heterocycles. The summed E-state index contributed by atoms with van der Waals surface area (Å²) in [6.45, 7) is 8.10. The highest BCUT2D eigenvalue weighted by Gasteiger charge is 2.47. The van der Waals surface area contributed by atoms with Crippen molar-refractivity contribution in [1.29, 1.82) is 0 Å². The molecule has 1 unspecified atom stereocenters. The Morgan fingerprint density at radius 3 is 2.00 bits per heavy atom. The van der Waals surface area contributed by atoms with E-state index in [1.165, 1.54) is 13.0 Å². The van der Waals surface area contributed by atoms with Gasteiger partial charge in [0.25, 0.3) is 0 Å². The third kappa shape index (κ3) is 1.09. The minimum atomic E-state index is 0.280. The Balaban J connectivity index is 2.86. The maximum Gasteiger partial charge on any atom is 0.0341 e. The van der Waals surface area contributed by atoms with Gasteiger partial charge in [0.15, 0.2) is 0 Å². The molecule has 1 saturated heterocycles. The second kappa shape index (κ2) is 2.46. The van der Waals surface area contributed by atoms with E-state index in [1.807, 2.05) is 0 Å². The summed E-state index contributed by atoms with van der Waals surface area (Å²) >= 11 is 0. The van der Waals surface area contributed by atoms with Gasteiger partial charge in [0.1, 0.15) is 0 Å². The van der Waals surface area contributed by atoms with Crippen LogP contribution < -0.4 is 5.32 Å². The molecule has 2 nitrogen and oxygen atoms in total. The summed E-state index contributed by atoms with van der Waals surface area (Å²) in [7, 11) is 4.25. The Labute approximate surface area is 70.0 Å². The Kier molecular flexibility index (Phi) is 2.01. The molecule has 11 heavy (non-hydrogen) atoms. The summed E-state index contributed by atoms with van der Waals surface area (Å²) in [4.78, 5) is 2.42. The van der Waals surface area contributed by atoms with Gasteiger partial charge in [-0.3, -0.25) is 4.90 Å². The van der Waals surface area contributed by atoms with E-state index in [4.69, 9.17) is 0 Å². The third-order valence-electron chi connectivity index (χ3n) is 3.80. The number of hydrogen-bond acceptors (Lipinski definition) is 2. The highest BCUT2D eigenvalue weighted by molar-refractivity contribution is 5.08. The predicted molar refractivity (Wildman–Crippen MR) is 48.8 cm³/mol. The van der Waals surface area contributed by atoms with Gasteiger partial charge in [-0.05, 0) is 41.3 Å². The van der Waals surface area contributed by atoms with Crippen LogP contribution in [0.5, 0.6) is 0 Å². The second-order valence-corrected chi connectivity index (χ2v) is 4.31. The lowest BCUT2D eigenvalue weighted by Crippen LogP contribution is -2.57. The van der Waals surface area contributed by atoms with Gasteiger partial charge in [-0.15, -0.1) is 0 Å². The third-order valence-corrected chi connectivity index (χ3v) is 3.80. The van der Waals surface area contributed by atoms with Crippen LogP contribution in [0.3, 0.4) is 0 Å². The molecule has 1 aliphatic heterocycles. The molecular weight excluding hydrogens is 136 g/mol. The minimum absolute atomic E-state index is 0.280. The largest absolute Gasteiger partial charge is 0.313 e. The van der Waals surface area contributed by atoms with E-state index in [2.05, 4.69) is 45.1 Å². The zero-order chi connectivity index (χ0) is 8.70. The molecule has 1 rings (SSSR count). The zero-order valence-electron chi connectivity index (χ0n) is 8.36. The summed E-state index contributed by atoms with van der Waals surface area (Å²) in [5, 5.41) is 3.42. The molecule has 0 aromatic rings. The first-order chi connectivity index (χ1) is 4.94. The molecule has 1 atom stereocenters. The van der Waals surface area contributed by atoms with Crippen molar-refractivity contribution in [3.05, 3.63) is 0 Å². The molecule has 2 heteroatoms. The van der Waals surface area contributed by atoms with Crippen LogP contribution >= 0.6 is 0 Å². The van der Waals surface area contributed by atoms with Gasteiger partial charge in [-0.2, -0.15) is 0 Å². The molecule has 0 bridgehead atoms. The lowest BCUT2D eigenvalue weighted by molar-refractivity contribution is 0.138. The standard InChI is InChI=1S/C9H20N2/c1-8(2)9(3,10-4)6-7-11(8)5/h10H,6-7H2,1-5H3. The van der Waals surface area contributed by atoms with Gasteiger partial charge in [0.2, 0.25) is 0 Å². The predicted octanol–water partition coefficient (Wildman–Crippen LogP) is 1.08. The van der Waals surface area contributed by atoms with Crippen LogP contribution in [0.15, 0.2) is 0 Å². The minimum Gasteiger partial charge on any atom is -0.313 e. The van der Waals surface area contributed by atoms with Gasteiger partial charge in [-0.25, -0.2) is 0 Å². The first kappa shape index (κ1) is 9.01. The van der Waals surface area contributed by atoms with Gasteiger partial charge in [0, 0.05) is 17.6 Å². The number of nitrogens with one attached hydrogen (secondary N) is 1. The average molecular weight is 156 g/mol. The van der Waals surface area contributed by atoms with Crippen molar-refractivity contribution in [2.24, 2.45) is 0 Å². The van der Waals surface area contributed by atoms with Crippen molar-refractivity contribution >= 4 is 0 Å². The molecule has 0 spiro atoms. The summed E-state index contributed by atoms with van der Waals surface area (Å²) in [6, 6.07) is 0. The number of likely N-dealkylation sites (N-methyl/N-ethyl adjacent to an activating group) is 2. The molecule has 1 aliphatic rings.